The summed E-state index contributed by atoms with van der Waals surface area (Å²) in [5.41, 5.74) is 2.16. The lowest BCUT2D eigenvalue weighted by molar-refractivity contribution is -0.120. The number of para-hydroxylation sites is 2. The van der Waals surface area contributed by atoms with Gasteiger partial charge in [0.05, 0.1) is 11.4 Å². The molecule has 1 N–H and O–H groups in total. The number of anilines is 2. The Morgan fingerprint density at radius 3 is 2.59 bits per heavy atom. The molecule has 1 amide bonds. The number of nitrogens with one attached hydrogen (secondary N) is 1. The van der Waals surface area contributed by atoms with Crippen molar-refractivity contribution >= 4 is 17.3 Å². The van der Waals surface area contributed by atoms with E-state index in [0.717, 1.165) is 43.7 Å². The predicted octanol–water partition coefficient (Wildman–Crippen LogP) is 2.95. The lowest BCUT2D eigenvalue weighted by atomic mass is 9.95. The van der Waals surface area contributed by atoms with Crippen molar-refractivity contribution in [2.24, 2.45) is 5.92 Å². The Morgan fingerprint density at radius 1 is 1.23 bits per heavy atom. The molecule has 0 bridgehead atoms. The summed E-state index contributed by atoms with van der Waals surface area (Å²) in [4.78, 5) is 17.5. The average Bonchev–Trinajstić information content (AvgIpc) is 2.49. The van der Waals surface area contributed by atoms with E-state index in [1.54, 1.807) is 0 Å². The van der Waals surface area contributed by atoms with Crippen molar-refractivity contribution in [1.82, 2.24) is 4.90 Å². The van der Waals surface area contributed by atoms with Crippen molar-refractivity contribution in [3.05, 3.63) is 24.3 Å². The van der Waals surface area contributed by atoms with Gasteiger partial charge in [0.2, 0.25) is 5.91 Å². The molecule has 0 saturated carbocycles. The number of rotatable bonds is 3. The summed E-state index contributed by atoms with van der Waals surface area (Å²) in [5, 5.41) is 3.45. The minimum atomic E-state index is -0.0884. The van der Waals surface area contributed by atoms with Crippen LogP contribution in [0.25, 0.3) is 0 Å². The Balaban J connectivity index is 1.90. The van der Waals surface area contributed by atoms with E-state index in [1.165, 1.54) is 0 Å². The molecule has 0 aromatic heterocycles. The second-order valence-corrected chi connectivity index (χ2v) is 7.09. The fourth-order valence-electron chi connectivity index (χ4n) is 3.60. The molecule has 1 unspecified atom stereocenters. The third-order valence-corrected chi connectivity index (χ3v) is 4.79. The summed E-state index contributed by atoms with van der Waals surface area (Å²) < 4.78 is 0. The normalized spacial score (nSPS) is 23.5. The number of fused-ring (bicyclic) bond motifs is 1. The van der Waals surface area contributed by atoms with Crippen molar-refractivity contribution in [2.45, 2.75) is 45.2 Å². The Labute approximate surface area is 133 Å². The van der Waals surface area contributed by atoms with Crippen LogP contribution in [0.15, 0.2) is 24.3 Å². The predicted molar refractivity (Wildman–Crippen MR) is 91.3 cm³/mol. The Kier molecular flexibility index (Phi) is 4.39. The summed E-state index contributed by atoms with van der Waals surface area (Å²) in [5.74, 6) is 0.757. The van der Waals surface area contributed by atoms with Crippen LogP contribution in [0, 0.1) is 5.92 Å². The summed E-state index contributed by atoms with van der Waals surface area (Å²) in [6.45, 7) is 6.49. The van der Waals surface area contributed by atoms with Crippen molar-refractivity contribution in [1.29, 1.82) is 0 Å². The summed E-state index contributed by atoms with van der Waals surface area (Å²) in [6, 6.07) is 8.48. The molecule has 2 aliphatic heterocycles. The Bertz CT molecular complexity index is 535. The maximum atomic E-state index is 13.1. The summed E-state index contributed by atoms with van der Waals surface area (Å²) >= 11 is 0. The molecule has 1 aromatic rings. The molecule has 1 fully saturated rings. The van der Waals surface area contributed by atoms with E-state index in [4.69, 9.17) is 0 Å². The first kappa shape index (κ1) is 15.3. The van der Waals surface area contributed by atoms with Gasteiger partial charge < -0.3 is 15.1 Å². The SMILES string of the molecule is CC(C)CC1Nc2ccccc2N(C2CCN(C)CC2)C1=O. The standard InChI is InChI=1S/C18H27N3O/c1-13(2)12-16-18(22)21(14-8-10-20(3)11-9-14)17-7-5-4-6-15(17)19-16/h4-7,13-14,16,19H,8-12H2,1-3H3. The van der Waals surface area contributed by atoms with Gasteiger partial charge in [0, 0.05) is 6.04 Å². The van der Waals surface area contributed by atoms with Gasteiger partial charge in [-0.3, -0.25) is 4.79 Å². The highest BCUT2D eigenvalue weighted by Gasteiger charge is 2.37. The summed E-state index contributed by atoms with van der Waals surface area (Å²) in [7, 11) is 2.16. The second kappa shape index (κ2) is 6.29. The zero-order valence-corrected chi connectivity index (χ0v) is 13.9. The van der Waals surface area contributed by atoms with Gasteiger partial charge in [0.15, 0.2) is 0 Å². The van der Waals surface area contributed by atoms with Crippen LogP contribution in [-0.2, 0) is 4.79 Å². The molecule has 120 valence electrons. The minimum Gasteiger partial charge on any atom is -0.372 e. The van der Waals surface area contributed by atoms with Crippen LogP contribution in [-0.4, -0.2) is 43.0 Å². The van der Waals surface area contributed by atoms with Crippen molar-refractivity contribution < 1.29 is 4.79 Å². The third kappa shape index (κ3) is 2.98. The molecule has 4 heteroatoms. The highest BCUT2D eigenvalue weighted by Crippen LogP contribution is 2.36. The van der Waals surface area contributed by atoms with E-state index in [-0.39, 0.29) is 11.9 Å². The van der Waals surface area contributed by atoms with E-state index in [2.05, 4.69) is 48.1 Å². The topological polar surface area (TPSA) is 35.6 Å². The number of hydrogen-bond donors (Lipinski definition) is 1. The fraction of sp³-hybridized carbons (Fsp3) is 0.611. The minimum absolute atomic E-state index is 0.0884. The van der Waals surface area contributed by atoms with E-state index < -0.39 is 0 Å². The van der Waals surface area contributed by atoms with Crippen LogP contribution in [0.2, 0.25) is 0 Å². The Hall–Kier alpha value is -1.55. The van der Waals surface area contributed by atoms with E-state index >= 15 is 0 Å². The smallest absolute Gasteiger partial charge is 0.249 e. The molecular weight excluding hydrogens is 274 g/mol. The molecule has 4 nitrogen and oxygen atoms in total. The van der Waals surface area contributed by atoms with Gasteiger partial charge in [0.1, 0.15) is 6.04 Å². The van der Waals surface area contributed by atoms with Crippen molar-refractivity contribution in [3.8, 4) is 0 Å². The van der Waals surface area contributed by atoms with Crippen molar-refractivity contribution in [3.63, 3.8) is 0 Å². The van der Waals surface area contributed by atoms with Crippen molar-refractivity contribution in [2.75, 3.05) is 30.4 Å². The van der Waals surface area contributed by atoms with Crippen LogP contribution in [0.3, 0.4) is 0 Å². The van der Waals surface area contributed by atoms with Crippen LogP contribution in [0.1, 0.15) is 33.1 Å². The molecule has 0 aliphatic carbocycles. The molecule has 0 spiro atoms. The zero-order valence-electron chi connectivity index (χ0n) is 13.9. The van der Waals surface area contributed by atoms with Gasteiger partial charge in [-0.15, -0.1) is 0 Å². The molecule has 1 atom stereocenters. The number of carbonyl (C=O) groups excluding carboxylic acids is 1. The van der Waals surface area contributed by atoms with Gasteiger partial charge in [-0.2, -0.15) is 0 Å². The molecule has 0 radical (unpaired) electrons. The summed E-state index contributed by atoms with van der Waals surface area (Å²) in [6.07, 6.45) is 3.01. The van der Waals surface area contributed by atoms with Gasteiger partial charge in [-0.25, -0.2) is 0 Å². The maximum Gasteiger partial charge on any atom is 0.249 e. The van der Waals surface area contributed by atoms with Crippen LogP contribution >= 0.6 is 0 Å². The highest BCUT2D eigenvalue weighted by atomic mass is 16.2. The molecule has 22 heavy (non-hydrogen) atoms. The monoisotopic (exact) mass is 301 g/mol. The molecule has 1 saturated heterocycles. The first-order valence-corrected chi connectivity index (χ1v) is 8.43. The molecule has 2 aliphatic rings. The largest absolute Gasteiger partial charge is 0.372 e. The lowest BCUT2D eigenvalue weighted by Gasteiger charge is -2.43. The highest BCUT2D eigenvalue weighted by molar-refractivity contribution is 6.05. The van der Waals surface area contributed by atoms with Crippen LogP contribution < -0.4 is 10.2 Å². The average molecular weight is 301 g/mol. The molecule has 1 aromatic carbocycles. The van der Waals surface area contributed by atoms with Gasteiger partial charge in [0.25, 0.3) is 0 Å². The molecule has 3 rings (SSSR count). The zero-order chi connectivity index (χ0) is 15.7. The number of benzene rings is 1. The quantitative estimate of drug-likeness (QED) is 0.932. The van der Waals surface area contributed by atoms with Crippen LogP contribution in [0.5, 0.6) is 0 Å². The molecule has 2 heterocycles. The first-order valence-electron chi connectivity index (χ1n) is 8.43. The fourth-order valence-corrected chi connectivity index (χ4v) is 3.60. The Morgan fingerprint density at radius 2 is 1.91 bits per heavy atom. The van der Waals surface area contributed by atoms with Gasteiger partial charge >= 0.3 is 0 Å². The molecular formula is C18H27N3O. The third-order valence-electron chi connectivity index (χ3n) is 4.79. The van der Waals surface area contributed by atoms with Crippen LogP contribution in [0.4, 0.5) is 11.4 Å². The number of piperidine rings is 1. The number of hydrogen-bond acceptors (Lipinski definition) is 3. The van der Waals surface area contributed by atoms with E-state index in [1.807, 2.05) is 12.1 Å². The van der Waals surface area contributed by atoms with Gasteiger partial charge in [-0.1, -0.05) is 26.0 Å². The van der Waals surface area contributed by atoms with Gasteiger partial charge in [-0.05, 0) is 57.5 Å². The number of likely N-dealkylation sites (tertiary alicyclic amines) is 1. The first-order chi connectivity index (χ1) is 10.6. The van der Waals surface area contributed by atoms with E-state index in [9.17, 15) is 4.79 Å². The van der Waals surface area contributed by atoms with E-state index in [0.29, 0.717) is 12.0 Å². The lowest BCUT2D eigenvalue weighted by Crippen LogP contribution is -2.54. The number of amides is 1. The maximum absolute atomic E-state index is 13.1. The number of carbonyl (C=O) groups is 1. The second-order valence-electron chi connectivity index (χ2n) is 7.09. The number of nitrogens with zero attached hydrogens (tertiary/aromatic N) is 2.